The van der Waals surface area contributed by atoms with E-state index in [0.29, 0.717) is 23.4 Å². The highest BCUT2D eigenvalue weighted by Crippen LogP contribution is 2.35. The summed E-state index contributed by atoms with van der Waals surface area (Å²) < 4.78 is 7.87. The first-order chi connectivity index (χ1) is 12.9. The van der Waals surface area contributed by atoms with E-state index in [4.69, 9.17) is 11.3 Å². The fourth-order valence-corrected chi connectivity index (χ4v) is 4.26. The highest BCUT2D eigenvalue weighted by Gasteiger charge is 2.33. The largest absolute Gasteiger partial charge is 0.461 e. The lowest BCUT2D eigenvalue weighted by atomic mass is 9.75. The van der Waals surface area contributed by atoms with Crippen LogP contribution in [0.5, 0.6) is 0 Å². The van der Waals surface area contributed by atoms with E-state index in [1.807, 2.05) is 17.6 Å². The molecule has 2 aromatic rings. The Bertz CT molecular complexity index is 862. The molecule has 1 aliphatic carbocycles. The van der Waals surface area contributed by atoms with Crippen molar-refractivity contribution in [3.8, 4) is 0 Å². The lowest BCUT2D eigenvalue weighted by Gasteiger charge is -2.36. The van der Waals surface area contributed by atoms with Gasteiger partial charge in [0.1, 0.15) is 18.5 Å². The number of rotatable bonds is 5. The summed E-state index contributed by atoms with van der Waals surface area (Å²) in [6.45, 7) is 16.1. The Morgan fingerprint density at radius 2 is 2.19 bits per heavy atom. The van der Waals surface area contributed by atoms with Gasteiger partial charge in [-0.05, 0) is 42.7 Å². The van der Waals surface area contributed by atoms with E-state index < -0.39 is 0 Å². The molecule has 0 spiro atoms. The van der Waals surface area contributed by atoms with E-state index >= 15 is 0 Å². The van der Waals surface area contributed by atoms with Crippen molar-refractivity contribution < 1.29 is 9.53 Å². The van der Waals surface area contributed by atoms with Crippen LogP contribution in [0.15, 0.2) is 18.2 Å². The quantitative estimate of drug-likeness (QED) is 0.542. The second-order valence-electron chi connectivity index (χ2n) is 8.11. The maximum absolute atomic E-state index is 12.8. The normalized spacial score (nSPS) is 22.7. The summed E-state index contributed by atoms with van der Waals surface area (Å²) in [5.41, 5.74) is 2.20. The van der Waals surface area contributed by atoms with Crippen molar-refractivity contribution in [2.24, 2.45) is 17.8 Å². The molecule has 0 N–H and O–H groups in total. The summed E-state index contributed by atoms with van der Waals surface area (Å²) in [7, 11) is 0. The summed E-state index contributed by atoms with van der Waals surface area (Å²) in [4.78, 5) is 20.9. The monoisotopic (exact) mass is 367 g/mol. The first-order valence-corrected chi connectivity index (χ1v) is 9.99. The summed E-state index contributed by atoms with van der Waals surface area (Å²) in [6, 6.07) is 5.42. The molecule has 0 bridgehead atoms. The number of hydrogen-bond acceptors (Lipinski definition) is 3. The number of hydrogen-bond donors (Lipinski definition) is 0. The third-order valence-corrected chi connectivity index (χ3v) is 5.79. The molecule has 3 rings (SSSR count). The molecule has 3 atom stereocenters. The van der Waals surface area contributed by atoms with Crippen molar-refractivity contribution in [1.29, 1.82) is 0 Å². The Morgan fingerprint density at radius 3 is 2.85 bits per heavy atom. The van der Waals surface area contributed by atoms with Crippen LogP contribution in [-0.4, -0.2) is 21.6 Å². The smallest absolute Gasteiger partial charge is 0.326 e. The van der Waals surface area contributed by atoms with E-state index in [0.717, 1.165) is 36.1 Å². The van der Waals surface area contributed by atoms with Gasteiger partial charge in [-0.25, -0.2) is 9.83 Å². The second kappa shape index (κ2) is 8.12. The number of benzene rings is 1. The van der Waals surface area contributed by atoms with Gasteiger partial charge in [-0.1, -0.05) is 40.2 Å². The Morgan fingerprint density at radius 1 is 1.41 bits per heavy atom. The molecule has 1 saturated carbocycles. The molecule has 0 radical (unpaired) electrons. The molecule has 27 heavy (non-hydrogen) atoms. The summed E-state index contributed by atoms with van der Waals surface area (Å²) in [6.07, 6.45) is 4.01. The number of carbonyl (C=O) groups is 1. The van der Waals surface area contributed by atoms with Crippen molar-refractivity contribution in [1.82, 2.24) is 9.55 Å². The number of esters is 1. The van der Waals surface area contributed by atoms with E-state index in [2.05, 4.69) is 30.6 Å². The Labute approximate surface area is 161 Å². The van der Waals surface area contributed by atoms with Gasteiger partial charge in [0, 0.05) is 6.42 Å². The van der Waals surface area contributed by atoms with Gasteiger partial charge in [0.25, 0.3) is 0 Å². The molecule has 0 aliphatic heterocycles. The summed E-state index contributed by atoms with van der Waals surface area (Å²) >= 11 is 0. The van der Waals surface area contributed by atoms with Crippen LogP contribution in [0.2, 0.25) is 0 Å². The second-order valence-corrected chi connectivity index (χ2v) is 8.11. The number of aromatic nitrogens is 2. The maximum Gasteiger partial charge on any atom is 0.326 e. The molecule has 1 heterocycles. The van der Waals surface area contributed by atoms with Gasteiger partial charge in [0.05, 0.1) is 17.6 Å². The molecule has 5 nitrogen and oxygen atoms in total. The van der Waals surface area contributed by atoms with Crippen LogP contribution in [0, 0.1) is 24.3 Å². The predicted octanol–water partition coefficient (Wildman–Crippen LogP) is 5.15. The molecule has 144 valence electrons. The Hall–Kier alpha value is -2.35. The molecule has 5 heteroatoms. The summed E-state index contributed by atoms with van der Waals surface area (Å²) in [5.74, 6) is 2.18. The molecule has 0 saturated heterocycles. The molecule has 1 fully saturated rings. The zero-order chi connectivity index (χ0) is 19.6. The maximum atomic E-state index is 12.8. The number of fused-ring (bicyclic) bond motifs is 1. The fraction of sp³-hybridized carbons (Fsp3) is 0.591. The highest BCUT2D eigenvalue weighted by atomic mass is 16.5. The number of ether oxygens (including phenoxy) is 1. The molecule has 1 aromatic carbocycles. The van der Waals surface area contributed by atoms with Gasteiger partial charge in [-0.15, -0.1) is 0 Å². The average molecular weight is 367 g/mol. The van der Waals surface area contributed by atoms with Crippen LogP contribution in [0.1, 0.15) is 52.8 Å². The zero-order valence-electron chi connectivity index (χ0n) is 16.7. The van der Waals surface area contributed by atoms with Gasteiger partial charge < -0.3 is 9.30 Å². The van der Waals surface area contributed by atoms with Crippen molar-refractivity contribution in [3.63, 3.8) is 0 Å². The van der Waals surface area contributed by atoms with E-state index in [9.17, 15) is 4.79 Å². The van der Waals surface area contributed by atoms with Gasteiger partial charge in [-0.2, -0.15) is 0 Å². The Kier molecular flexibility index (Phi) is 5.84. The lowest BCUT2D eigenvalue weighted by Crippen LogP contribution is -2.36. The minimum atomic E-state index is -0.207. The number of imidazole rings is 1. The molecule has 1 unspecified atom stereocenters. The van der Waals surface area contributed by atoms with Crippen molar-refractivity contribution >= 4 is 22.7 Å². The average Bonchev–Trinajstić information content (AvgIpc) is 2.98. The van der Waals surface area contributed by atoms with Crippen molar-refractivity contribution in [2.45, 2.75) is 66.0 Å². The number of carbonyl (C=O) groups excluding carboxylic acids is 1. The lowest BCUT2D eigenvalue weighted by molar-refractivity contribution is -0.156. The van der Waals surface area contributed by atoms with Crippen LogP contribution in [0.4, 0.5) is 5.69 Å². The topological polar surface area (TPSA) is 48.5 Å². The van der Waals surface area contributed by atoms with Gasteiger partial charge in [-0.3, -0.25) is 4.79 Å². The minimum absolute atomic E-state index is 0.0000788. The third-order valence-electron chi connectivity index (χ3n) is 5.79. The molecule has 0 amide bonds. The number of aryl methyl sites for hydroxylation is 1. The zero-order valence-corrected chi connectivity index (χ0v) is 16.7. The van der Waals surface area contributed by atoms with Gasteiger partial charge in [0.15, 0.2) is 5.69 Å². The van der Waals surface area contributed by atoms with Crippen LogP contribution in [-0.2, 0) is 22.5 Å². The van der Waals surface area contributed by atoms with E-state index in [1.54, 1.807) is 12.1 Å². The third kappa shape index (κ3) is 4.16. The summed E-state index contributed by atoms with van der Waals surface area (Å²) in [5, 5.41) is 0. The SMILES string of the molecule is [C-]#[N+]c1ccc2nc(CC)n(CC(=O)OC3C[C@H](C)CC[C@H]3C(C)C)c2c1. The van der Waals surface area contributed by atoms with E-state index in [-0.39, 0.29) is 18.6 Å². The first-order valence-electron chi connectivity index (χ1n) is 9.99. The molecule has 1 aliphatic rings. The predicted molar refractivity (Wildman–Crippen MR) is 107 cm³/mol. The highest BCUT2D eigenvalue weighted by molar-refractivity contribution is 5.82. The van der Waals surface area contributed by atoms with Crippen molar-refractivity contribution in [3.05, 3.63) is 35.4 Å². The standard InChI is InChI=1S/C22H29N3O2/c1-6-21-24-18-10-8-16(23-5)12-19(18)25(21)13-22(26)27-20-11-15(4)7-9-17(20)14(2)3/h8,10,12,14-15,17,20H,6-7,9,11,13H2,1-4H3/t15-,17+,20?/m1/s1. The van der Waals surface area contributed by atoms with Crippen LogP contribution < -0.4 is 0 Å². The molecular formula is C22H29N3O2. The van der Waals surface area contributed by atoms with Crippen molar-refractivity contribution in [2.75, 3.05) is 0 Å². The molecule has 1 aromatic heterocycles. The van der Waals surface area contributed by atoms with Gasteiger partial charge >= 0.3 is 5.97 Å². The first kappa shape index (κ1) is 19.4. The van der Waals surface area contributed by atoms with E-state index in [1.165, 1.54) is 6.42 Å². The van der Waals surface area contributed by atoms with Crippen LogP contribution in [0.3, 0.4) is 0 Å². The van der Waals surface area contributed by atoms with Crippen LogP contribution >= 0.6 is 0 Å². The molecular weight excluding hydrogens is 338 g/mol. The van der Waals surface area contributed by atoms with Crippen LogP contribution in [0.25, 0.3) is 15.9 Å². The minimum Gasteiger partial charge on any atom is -0.461 e. The Balaban J connectivity index is 1.82. The van der Waals surface area contributed by atoms with Gasteiger partial charge in [0.2, 0.25) is 0 Å². The fourth-order valence-electron chi connectivity index (χ4n) is 4.26. The number of nitrogens with zero attached hydrogens (tertiary/aromatic N) is 3.